The topological polar surface area (TPSA) is 68.0 Å². The molecule has 0 radical (unpaired) electrons. The monoisotopic (exact) mass is 277 g/mol. The van der Waals surface area contributed by atoms with E-state index in [1.807, 2.05) is 48.5 Å². The molecule has 2 aromatic carbocycles. The van der Waals surface area contributed by atoms with E-state index in [-0.39, 0.29) is 5.91 Å². The van der Waals surface area contributed by atoms with Gasteiger partial charge in [0.05, 0.1) is 0 Å². The standard InChI is InChI=1S/C17H15N3O/c18-14-6-7-15-13(10-14)8-9-19-16(15)17(21)20-11-12-4-2-1-3-5-12/h1-10H,11,18H2,(H,20,21). The van der Waals surface area contributed by atoms with Crippen LogP contribution in [0.4, 0.5) is 5.69 Å². The van der Waals surface area contributed by atoms with Crippen LogP contribution in [0.2, 0.25) is 0 Å². The van der Waals surface area contributed by atoms with Crippen LogP contribution < -0.4 is 11.1 Å². The van der Waals surface area contributed by atoms with Gasteiger partial charge in [-0.1, -0.05) is 30.3 Å². The number of pyridine rings is 1. The summed E-state index contributed by atoms with van der Waals surface area (Å²) in [5, 5.41) is 4.60. The van der Waals surface area contributed by atoms with Gasteiger partial charge in [-0.05, 0) is 35.2 Å². The maximum Gasteiger partial charge on any atom is 0.270 e. The van der Waals surface area contributed by atoms with E-state index < -0.39 is 0 Å². The molecule has 0 bridgehead atoms. The number of anilines is 1. The molecule has 0 unspecified atom stereocenters. The predicted octanol–water partition coefficient (Wildman–Crippen LogP) is 2.75. The van der Waals surface area contributed by atoms with E-state index >= 15 is 0 Å². The molecule has 21 heavy (non-hydrogen) atoms. The van der Waals surface area contributed by atoms with E-state index in [0.717, 1.165) is 16.3 Å². The van der Waals surface area contributed by atoms with E-state index in [0.29, 0.717) is 17.9 Å². The summed E-state index contributed by atoms with van der Waals surface area (Å²) < 4.78 is 0. The minimum absolute atomic E-state index is 0.186. The molecule has 1 heterocycles. The molecule has 1 amide bonds. The zero-order valence-corrected chi connectivity index (χ0v) is 11.4. The maximum atomic E-state index is 12.3. The number of carbonyl (C=O) groups is 1. The molecule has 0 fully saturated rings. The highest BCUT2D eigenvalue weighted by Gasteiger charge is 2.11. The molecule has 0 aliphatic carbocycles. The quantitative estimate of drug-likeness (QED) is 0.723. The number of benzene rings is 2. The van der Waals surface area contributed by atoms with E-state index in [9.17, 15) is 4.79 Å². The van der Waals surface area contributed by atoms with Crippen LogP contribution in [0.3, 0.4) is 0 Å². The third-order valence-electron chi connectivity index (χ3n) is 3.30. The van der Waals surface area contributed by atoms with Crippen molar-refractivity contribution in [1.29, 1.82) is 0 Å². The van der Waals surface area contributed by atoms with Gasteiger partial charge in [-0.25, -0.2) is 0 Å². The number of carbonyl (C=O) groups excluding carboxylic acids is 1. The molecule has 3 N–H and O–H groups in total. The lowest BCUT2D eigenvalue weighted by atomic mass is 10.1. The van der Waals surface area contributed by atoms with Crippen molar-refractivity contribution < 1.29 is 4.79 Å². The van der Waals surface area contributed by atoms with Crippen molar-refractivity contribution in [2.45, 2.75) is 6.54 Å². The zero-order valence-electron chi connectivity index (χ0n) is 11.4. The summed E-state index contributed by atoms with van der Waals surface area (Å²) in [7, 11) is 0. The Bertz CT molecular complexity index is 784. The minimum atomic E-state index is -0.186. The molecule has 0 atom stereocenters. The first-order valence-electron chi connectivity index (χ1n) is 6.70. The Morgan fingerprint density at radius 2 is 1.90 bits per heavy atom. The molecule has 0 aliphatic heterocycles. The minimum Gasteiger partial charge on any atom is -0.399 e. The van der Waals surface area contributed by atoms with Crippen LogP contribution in [0.5, 0.6) is 0 Å². The number of fused-ring (bicyclic) bond motifs is 1. The van der Waals surface area contributed by atoms with Gasteiger partial charge in [0.25, 0.3) is 5.91 Å². The van der Waals surface area contributed by atoms with Crippen molar-refractivity contribution in [3.63, 3.8) is 0 Å². The second-order valence-corrected chi connectivity index (χ2v) is 4.81. The molecule has 4 nitrogen and oxygen atoms in total. The second-order valence-electron chi connectivity index (χ2n) is 4.81. The van der Waals surface area contributed by atoms with Gasteiger partial charge in [-0.15, -0.1) is 0 Å². The van der Waals surface area contributed by atoms with Crippen LogP contribution in [0.25, 0.3) is 10.8 Å². The Kier molecular flexibility index (Phi) is 3.51. The molecule has 0 aliphatic rings. The summed E-state index contributed by atoms with van der Waals surface area (Å²) >= 11 is 0. The second kappa shape index (κ2) is 5.63. The number of rotatable bonds is 3. The van der Waals surface area contributed by atoms with Crippen molar-refractivity contribution in [3.05, 3.63) is 72.1 Å². The Balaban J connectivity index is 1.85. The van der Waals surface area contributed by atoms with Crippen LogP contribution in [0.1, 0.15) is 16.1 Å². The molecular weight excluding hydrogens is 262 g/mol. The first-order valence-corrected chi connectivity index (χ1v) is 6.70. The van der Waals surface area contributed by atoms with Gasteiger partial charge >= 0.3 is 0 Å². The highest BCUT2D eigenvalue weighted by atomic mass is 16.1. The Hall–Kier alpha value is -2.88. The molecular formula is C17H15N3O. The third-order valence-corrected chi connectivity index (χ3v) is 3.30. The Morgan fingerprint density at radius 3 is 2.71 bits per heavy atom. The van der Waals surface area contributed by atoms with Gasteiger partial charge in [-0.3, -0.25) is 9.78 Å². The van der Waals surface area contributed by atoms with Crippen molar-refractivity contribution in [2.24, 2.45) is 0 Å². The van der Waals surface area contributed by atoms with Crippen LogP contribution in [0, 0.1) is 0 Å². The molecule has 3 aromatic rings. The summed E-state index contributed by atoms with van der Waals surface area (Å²) in [5.41, 5.74) is 7.91. The fourth-order valence-electron chi connectivity index (χ4n) is 2.24. The zero-order chi connectivity index (χ0) is 14.7. The lowest BCUT2D eigenvalue weighted by molar-refractivity contribution is 0.0948. The van der Waals surface area contributed by atoms with Crippen molar-refractivity contribution in [1.82, 2.24) is 10.3 Å². The summed E-state index contributed by atoms with van der Waals surface area (Å²) in [6, 6.07) is 17.1. The van der Waals surface area contributed by atoms with Crippen molar-refractivity contribution in [3.8, 4) is 0 Å². The molecule has 0 spiro atoms. The van der Waals surface area contributed by atoms with Gasteiger partial charge in [0.15, 0.2) is 0 Å². The van der Waals surface area contributed by atoms with Crippen LogP contribution >= 0.6 is 0 Å². The number of nitrogens with zero attached hydrogens (tertiary/aromatic N) is 1. The lowest BCUT2D eigenvalue weighted by Crippen LogP contribution is -2.24. The van der Waals surface area contributed by atoms with Gasteiger partial charge in [0.2, 0.25) is 0 Å². The first-order chi connectivity index (χ1) is 10.2. The molecule has 104 valence electrons. The van der Waals surface area contributed by atoms with Crippen molar-refractivity contribution >= 4 is 22.4 Å². The van der Waals surface area contributed by atoms with Gasteiger partial charge < -0.3 is 11.1 Å². The number of hydrogen-bond donors (Lipinski definition) is 2. The highest BCUT2D eigenvalue weighted by molar-refractivity contribution is 6.05. The summed E-state index contributed by atoms with van der Waals surface area (Å²) in [5.74, 6) is -0.186. The lowest BCUT2D eigenvalue weighted by Gasteiger charge is -2.08. The maximum absolute atomic E-state index is 12.3. The van der Waals surface area contributed by atoms with Crippen LogP contribution in [-0.2, 0) is 6.54 Å². The Morgan fingerprint density at radius 1 is 1.10 bits per heavy atom. The average Bonchev–Trinajstić information content (AvgIpc) is 2.52. The molecule has 0 saturated heterocycles. The molecule has 3 rings (SSSR count). The number of amides is 1. The SMILES string of the molecule is Nc1ccc2c(C(=O)NCc3ccccc3)nccc2c1. The summed E-state index contributed by atoms with van der Waals surface area (Å²) in [4.78, 5) is 16.5. The normalized spacial score (nSPS) is 10.5. The molecule has 4 heteroatoms. The highest BCUT2D eigenvalue weighted by Crippen LogP contribution is 2.19. The largest absolute Gasteiger partial charge is 0.399 e. The van der Waals surface area contributed by atoms with Crippen molar-refractivity contribution in [2.75, 3.05) is 5.73 Å². The smallest absolute Gasteiger partial charge is 0.270 e. The van der Waals surface area contributed by atoms with Gasteiger partial charge in [-0.2, -0.15) is 0 Å². The number of hydrogen-bond acceptors (Lipinski definition) is 3. The number of nitrogens with two attached hydrogens (primary N) is 1. The van der Waals surface area contributed by atoms with E-state index in [1.54, 1.807) is 12.3 Å². The number of aromatic nitrogens is 1. The summed E-state index contributed by atoms with van der Waals surface area (Å²) in [6.07, 6.45) is 1.62. The first kappa shape index (κ1) is 13.1. The molecule has 0 saturated carbocycles. The summed E-state index contributed by atoms with van der Waals surface area (Å²) in [6.45, 7) is 0.479. The van der Waals surface area contributed by atoms with E-state index in [4.69, 9.17) is 5.73 Å². The fourth-order valence-corrected chi connectivity index (χ4v) is 2.24. The van der Waals surface area contributed by atoms with Gasteiger partial charge in [0, 0.05) is 23.8 Å². The average molecular weight is 277 g/mol. The number of nitrogens with one attached hydrogen (secondary N) is 1. The van der Waals surface area contributed by atoms with Gasteiger partial charge in [0.1, 0.15) is 5.69 Å². The van der Waals surface area contributed by atoms with Crippen LogP contribution in [0.15, 0.2) is 60.8 Å². The fraction of sp³-hybridized carbons (Fsp3) is 0.0588. The predicted molar refractivity (Wildman–Crippen MR) is 83.8 cm³/mol. The van der Waals surface area contributed by atoms with E-state index in [1.165, 1.54) is 0 Å². The Labute approximate surface area is 122 Å². The number of nitrogen functional groups attached to an aromatic ring is 1. The third kappa shape index (κ3) is 2.84. The molecule has 1 aromatic heterocycles. The van der Waals surface area contributed by atoms with Crippen LogP contribution in [-0.4, -0.2) is 10.9 Å². The van der Waals surface area contributed by atoms with E-state index in [2.05, 4.69) is 10.3 Å².